The Hall–Kier alpha value is -2.35. The third-order valence-electron chi connectivity index (χ3n) is 2.79. The normalized spacial score (nSPS) is 19.1. The lowest BCUT2D eigenvalue weighted by molar-refractivity contribution is -0.141. The fourth-order valence-electron chi connectivity index (χ4n) is 1.91. The molecule has 2 rings (SSSR count). The summed E-state index contributed by atoms with van der Waals surface area (Å²) in [5, 5.41) is 17.8. The number of anilines is 1. The summed E-state index contributed by atoms with van der Waals surface area (Å²) in [6.07, 6.45) is -0.00486. The number of nitrogens with zero attached hydrogens (tertiary/aromatic N) is 2. The predicted molar refractivity (Wildman–Crippen MR) is 59.3 cm³/mol. The number of nitriles is 1. The van der Waals surface area contributed by atoms with E-state index >= 15 is 0 Å². The van der Waals surface area contributed by atoms with Crippen molar-refractivity contribution in [2.24, 2.45) is 5.92 Å². The molecule has 1 heterocycles. The number of hydrogen-bond donors (Lipinski definition) is 1. The SMILES string of the molecule is N#Cc1ccccc1N1CC(C(=O)O)CC1=O. The summed E-state index contributed by atoms with van der Waals surface area (Å²) in [6.45, 7) is 0.132. The number of benzene rings is 1. The molecule has 1 aliphatic rings. The highest BCUT2D eigenvalue weighted by Gasteiger charge is 2.35. The molecule has 86 valence electrons. The van der Waals surface area contributed by atoms with Crippen LogP contribution in [0.2, 0.25) is 0 Å². The van der Waals surface area contributed by atoms with Gasteiger partial charge in [0, 0.05) is 13.0 Å². The number of para-hydroxylation sites is 1. The molecule has 0 aromatic heterocycles. The van der Waals surface area contributed by atoms with Gasteiger partial charge in [0.15, 0.2) is 0 Å². The smallest absolute Gasteiger partial charge is 0.308 e. The van der Waals surface area contributed by atoms with Crippen LogP contribution in [0.15, 0.2) is 24.3 Å². The Morgan fingerprint density at radius 3 is 2.76 bits per heavy atom. The van der Waals surface area contributed by atoms with Gasteiger partial charge in [-0.25, -0.2) is 0 Å². The standard InChI is InChI=1S/C12H10N2O3/c13-6-8-3-1-2-4-10(8)14-7-9(12(16)17)5-11(14)15/h1-4,9H,5,7H2,(H,16,17). The van der Waals surface area contributed by atoms with E-state index in [0.717, 1.165) is 0 Å². The van der Waals surface area contributed by atoms with Crippen LogP contribution < -0.4 is 4.90 Å². The van der Waals surface area contributed by atoms with Crippen LogP contribution in [0, 0.1) is 17.2 Å². The Kier molecular flexibility index (Phi) is 2.79. The summed E-state index contributed by atoms with van der Waals surface area (Å²) in [7, 11) is 0. The molecule has 5 heteroatoms. The van der Waals surface area contributed by atoms with Gasteiger partial charge in [-0.3, -0.25) is 9.59 Å². The first kappa shape index (κ1) is 11.1. The van der Waals surface area contributed by atoms with Crippen LogP contribution in [0.3, 0.4) is 0 Å². The highest BCUT2D eigenvalue weighted by atomic mass is 16.4. The van der Waals surface area contributed by atoms with Crippen molar-refractivity contribution in [1.82, 2.24) is 0 Å². The molecule has 0 bridgehead atoms. The largest absolute Gasteiger partial charge is 0.481 e. The molecule has 0 spiro atoms. The van der Waals surface area contributed by atoms with E-state index < -0.39 is 11.9 Å². The van der Waals surface area contributed by atoms with Gasteiger partial charge in [-0.1, -0.05) is 12.1 Å². The van der Waals surface area contributed by atoms with E-state index in [1.165, 1.54) is 4.90 Å². The molecule has 1 aromatic carbocycles. The zero-order valence-electron chi connectivity index (χ0n) is 8.96. The molecule has 0 saturated carbocycles. The summed E-state index contributed by atoms with van der Waals surface area (Å²) < 4.78 is 0. The second kappa shape index (κ2) is 4.26. The molecular formula is C12H10N2O3. The van der Waals surface area contributed by atoms with Gasteiger partial charge in [0.25, 0.3) is 0 Å². The minimum Gasteiger partial charge on any atom is -0.481 e. The van der Waals surface area contributed by atoms with Crippen molar-refractivity contribution in [2.45, 2.75) is 6.42 Å². The van der Waals surface area contributed by atoms with Crippen LogP contribution in [0.1, 0.15) is 12.0 Å². The molecule has 1 aliphatic heterocycles. The Morgan fingerprint density at radius 2 is 2.18 bits per heavy atom. The Labute approximate surface area is 97.9 Å². The first-order valence-electron chi connectivity index (χ1n) is 5.15. The zero-order valence-corrected chi connectivity index (χ0v) is 8.96. The van der Waals surface area contributed by atoms with E-state index in [-0.39, 0.29) is 18.9 Å². The van der Waals surface area contributed by atoms with Crippen molar-refractivity contribution < 1.29 is 14.7 Å². The van der Waals surface area contributed by atoms with Gasteiger partial charge in [-0.05, 0) is 12.1 Å². The van der Waals surface area contributed by atoms with Crippen molar-refractivity contribution in [3.63, 3.8) is 0 Å². The third kappa shape index (κ3) is 1.97. The summed E-state index contributed by atoms with van der Waals surface area (Å²) in [5.41, 5.74) is 0.871. The maximum Gasteiger partial charge on any atom is 0.308 e. The van der Waals surface area contributed by atoms with Crippen molar-refractivity contribution in [1.29, 1.82) is 5.26 Å². The van der Waals surface area contributed by atoms with Crippen molar-refractivity contribution in [2.75, 3.05) is 11.4 Å². The molecule has 17 heavy (non-hydrogen) atoms. The molecule has 1 amide bonds. The fraction of sp³-hybridized carbons (Fsp3) is 0.250. The zero-order chi connectivity index (χ0) is 12.4. The minimum atomic E-state index is -0.977. The molecule has 1 fully saturated rings. The number of carbonyl (C=O) groups excluding carboxylic acids is 1. The quantitative estimate of drug-likeness (QED) is 0.821. The number of carboxylic acid groups (broad SMARTS) is 1. The summed E-state index contributed by atoms with van der Waals surface area (Å²) in [5.74, 6) is -1.91. The average molecular weight is 230 g/mol. The topological polar surface area (TPSA) is 81.4 Å². The maximum atomic E-state index is 11.7. The van der Waals surface area contributed by atoms with E-state index in [1.807, 2.05) is 6.07 Å². The molecule has 1 unspecified atom stereocenters. The van der Waals surface area contributed by atoms with Crippen molar-refractivity contribution >= 4 is 17.6 Å². The lowest BCUT2D eigenvalue weighted by Gasteiger charge is -2.17. The van der Waals surface area contributed by atoms with Crippen molar-refractivity contribution in [3.05, 3.63) is 29.8 Å². The van der Waals surface area contributed by atoms with Gasteiger partial charge in [-0.2, -0.15) is 5.26 Å². The van der Waals surface area contributed by atoms with Crippen molar-refractivity contribution in [3.8, 4) is 6.07 Å². The fourth-order valence-corrected chi connectivity index (χ4v) is 1.91. The highest BCUT2D eigenvalue weighted by Crippen LogP contribution is 2.27. The number of aliphatic carboxylic acids is 1. The third-order valence-corrected chi connectivity index (χ3v) is 2.79. The molecule has 5 nitrogen and oxygen atoms in total. The molecule has 1 N–H and O–H groups in total. The molecular weight excluding hydrogens is 220 g/mol. The van der Waals surface area contributed by atoms with Crippen LogP contribution in [0.4, 0.5) is 5.69 Å². The Bertz CT molecular complexity index is 519. The number of carboxylic acids is 1. The molecule has 0 radical (unpaired) electrons. The highest BCUT2D eigenvalue weighted by molar-refractivity contribution is 6.00. The molecule has 0 aliphatic carbocycles. The lowest BCUT2D eigenvalue weighted by Crippen LogP contribution is -2.26. The summed E-state index contributed by atoms with van der Waals surface area (Å²) in [4.78, 5) is 23.9. The van der Waals surface area contributed by atoms with E-state index in [9.17, 15) is 9.59 Å². The van der Waals surface area contributed by atoms with Crippen LogP contribution in [-0.2, 0) is 9.59 Å². The maximum absolute atomic E-state index is 11.7. The summed E-state index contributed by atoms with van der Waals surface area (Å²) in [6, 6.07) is 8.68. The van der Waals surface area contributed by atoms with E-state index in [0.29, 0.717) is 11.3 Å². The average Bonchev–Trinajstić information content (AvgIpc) is 2.71. The van der Waals surface area contributed by atoms with Gasteiger partial charge in [0.1, 0.15) is 6.07 Å². The van der Waals surface area contributed by atoms with Gasteiger partial charge >= 0.3 is 5.97 Å². The molecule has 1 aromatic rings. The molecule has 1 atom stereocenters. The number of carbonyl (C=O) groups is 2. The number of amides is 1. The van der Waals surface area contributed by atoms with Gasteiger partial charge in [0.05, 0.1) is 17.2 Å². The van der Waals surface area contributed by atoms with E-state index in [4.69, 9.17) is 10.4 Å². The summed E-state index contributed by atoms with van der Waals surface area (Å²) >= 11 is 0. The first-order chi connectivity index (χ1) is 8.13. The van der Waals surface area contributed by atoms with E-state index in [1.54, 1.807) is 24.3 Å². The van der Waals surface area contributed by atoms with Crippen LogP contribution in [0.5, 0.6) is 0 Å². The molecule has 1 saturated heterocycles. The number of rotatable bonds is 2. The number of hydrogen-bond acceptors (Lipinski definition) is 3. The minimum absolute atomic E-state index is 0.00486. The van der Waals surface area contributed by atoms with Crippen LogP contribution in [0.25, 0.3) is 0 Å². The van der Waals surface area contributed by atoms with Gasteiger partial charge in [-0.15, -0.1) is 0 Å². The second-order valence-electron chi connectivity index (χ2n) is 3.87. The monoisotopic (exact) mass is 230 g/mol. The Morgan fingerprint density at radius 1 is 1.47 bits per heavy atom. The first-order valence-corrected chi connectivity index (χ1v) is 5.15. The Balaban J connectivity index is 2.33. The van der Waals surface area contributed by atoms with Crippen LogP contribution in [-0.4, -0.2) is 23.5 Å². The predicted octanol–water partition coefficient (Wildman–Crippen LogP) is 0.996. The lowest BCUT2D eigenvalue weighted by atomic mass is 10.1. The van der Waals surface area contributed by atoms with E-state index in [2.05, 4.69) is 0 Å². The van der Waals surface area contributed by atoms with Gasteiger partial charge in [0.2, 0.25) is 5.91 Å². The second-order valence-corrected chi connectivity index (χ2v) is 3.87. The van der Waals surface area contributed by atoms with Gasteiger partial charge < -0.3 is 10.0 Å². The van der Waals surface area contributed by atoms with Crippen LogP contribution >= 0.6 is 0 Å².